The maximum absolute atomic E-state index is 13.1. The molecule has 1 aliphatic rings. The first-order valence-corrected chi connectivity index (χ1v) is 10.3. The monoisotopic (exact) mass is 476 g/mol. The molecule has 34 heavy (non-hydrogen) atoms. The topological polar surface area (TPSA) is 179 Å². The Kier molecular flexibility index (Phi) is 6.39. The van der Waals surface area contributed by atoms with E-state index < -0.39 is 48.5 Å². The number of aliphatic hydroxyl groups excluding tert-OH is 4. The van der Waals surface area contributed by atoms with E-state index in [4.69, 9.17) is 18.6 Å². The molecule has 1 aromatic heterocycles. The smallest absolute Gasteiger partial charge is 0.239 e. The highest BCUT2D eigenvalue weighted by molar-refractivity contribution is 5.90. The minimum Gasteiger partial charge on any atom is -0.508 e. The molecule has 0 spiro atoms. The summed E-state index contributed by atoms with van der Waals surface area (Å²) in [5.41, 5.74) is -0.190. The Morgan fingerprint density at radius 2 is 1.71 bits per heavy atom. The molecule has 182 valence electrons. The van der Waals surface area contributed by atoms with Gasteiger partial charge < -0.3 is 49.3 Å². The number of aliphatic hydroxyl groups is 4. The highest BCUT2D eigenvalue weighted by Crippen LogP contribution is 2.39. The lowest BCUT2D eigenvalue weighted by molar-refractivity contribution is -0.277. The second-order valence-electron chi connectivity index (χ2n) is 7.88. The number of rotatable bonds is 5. The Hall–Kier alpha value is -3.35. The zero-order valence-electron chi connectivity index (χ0n) is 18.2. The van der Waals surface area contributed by atoms with Gasteiger partial charge in [0.15, 0.2) is 5.76 Å². The third-order valence-electron chi connectivity index (χ3n) is 5.75. The molecule has 1 saturated heterocycles. The summed E-state index contributed by atoms with van der Waals surface area (Å²) in [7, 11) is 1.28. The van der Waals surface area contributed by atoms with E-state index in [0.29, 0.717) is 5.56 Å². The summed E-state index contributed by atoms with van der Waals surface area (Å²) < 4.78 is 22.1. The molecule has 11 nitrogen and oxygen atoms in total. The molecule has 2 heterocycles. The quantitative estimate of drug-likeness (QED) is 0.299. The van der Waals surface area contributed by atoms with E-state index in [2.05, 4.69) is 0 Å². The lowest BCUT2D eigenvalue weighted by Gasteiger charge is -2.39. The zero-order chi connectivity index (χ0) is 24.7. The van der Waals surface area contributed by atoms with Crippen LogP contribution in [0, 0.1) is 6.92 Å². The Morgan fingerprint density at radius 1 is 1.03 bits per heavy atom. The minimum absolute atomic E-state index is 0.00865. The van der Waals surface area contributed by atoms with Gasteiger partial charge in [-0.2, -0.15) is 0 Å². The van der Waals surface area contributed by atoms with Crippen LogP contribution in [0.1, 0.15) is 5.56 Å². The number of aromatic hydroxyl groups is 2. The second kappa shape index (κ2) is 9.12. The van der Waals surface area contributed by atoms with Gasteiger partial charge in [-0.1, -0.05) is 0 Å². The molecule has 0 saturated carbocycles. The predicted molar refractivity (Wildman–Crippen MR) is 117 cm³/mol. The third kappa shape index (κ3) is 3.93. The molecular formula is C23H24O11. The van der Waals surface area contributed by atoms with Crippen molar-refractivity contribution in [3.63, 3.8) is 0 Å². The van der Waals surface area contributed by atoms with Crippen LogP contribution in [0.2, 0.25) is 0 Å². The molecule has 3 aromatic rings. The van der Waals surface area contributed by atoms with Crippen molar-refractivity contribution in [1.29, 1.82) is 0 Å². The summed E-state index contributed by atoms with van der Waals surface area (Å²) in [5.74, 6) is -0.604. The molecule has 1 fully saturated rings. The standard InChI is InChI=1S/C23H24O11/c1-9-12(33-23-20(30)19(29)17(27)14(8-24)34-23)7-13-15(16(9)26)18(28)22(31-2)21(32-13)10-3-5-11(25)6-4-10/h3-7,14,17,19-20,23-27,29-30H,8H2,1-2H3/t14-,17-,19+,20-,23-/m1/s1. The number of phenolic OH excluding ortho intramolecular Hbond substituents is 2. The number of benzene rings is 2. The van der Waals surface area contributed by atoms with E-state index in [9.17, 15) is 35.4 Å². The summed E-state index contributed by atoms with van der Waals surface area (Å²) in [5, 5.41) is 59.7. The third-order valence-corrected chi connectivity index (χ3v) is 5.75. The zero-order valence-corrected chi connectivity index (χ0v) is 18.2. The van der Waals surface area contributed by atoms with Crippen molar-refractivity contribution in [3.8, 4) is 34.3 Å². The van der Waals surface area contributed by atoms with Crippen molar-refractivity contribution < 1.29 is 49.3 Å². The lowest BCUT2D eigenvalue weighted by atomic mass is 9.99. The minimum atomic E-state index is -1.68. The number of methoxy groups -OCH3 is 1. The van der Waals surface area contributed by atoms with Gasteiger partial charge in [0, 0.05) is 17.2 Å². The molecule has 4 rings (SSSR count). The fraction of sp³-hybridized carbons (Fsp3) is 0.348. The van der Waals surface area contributed by atoms with Gasteiger partial charge in [-0.15, -0.1) is 0 Å². The molecule has 0 amide bonds. The lowest BCUT2D eigenvalue weighted by Crippen LogP contribution is -2.60. The van der Waals surface area contributed by atoms with Crippen LogP contribution in [-0.2, 0) is 4.74 Å². The van der Waals surface area contributed by atoms with Crippen molar-refractivity contribution in [2.24, 2.45) is 0 Å². The van der Waals surface area contributed by atoms with E-state index in [-0.39, 0.29) is 39.5 Å². The molecular weight excluding hydrogens is 452 g/mol. The van der Waals surface area contributed by atoms with Crippen LogP contribution >= 0.6 is 0 Å². The van der Waals surface area contributed by atoms with Crippen LogP contribution < -0.4 is 14.9 Å². The molecule has 0 bridgehead atoms. The van der Waals surface area contributed by atoms with Crippen molar-refractivity contribution in [3.05, 3.63) is 46.1 Å². The van der Waals surface area contributed by atoms with E-state index >= 15 is 0 Å². The molecule has 1 aliphatic heterocycles. The first-order valence-electron chi connectivity index (χ1n) is 10.3. The van der Waals surface area contributed by atoms with Crippen molar-refractivity contribution in [1.82, 2.24) is 0 Å². The molecule has 0 unspecified atom stereocenters. The van der Waals surface area contributed by atoms with Crippen LogP contribution in [-0.4, -0.2) is 75.1 Å². The first-order chi connectivity index (χ1) is 16.2. The predicted octanol–water partition coefficient (Wildman–Crippen LogP) is 0.367. The Balaban J connectivity index is 1.83. The van der Waals surface area contributed by atoms with Crippen molar-refractivity contribution in [2.75, 3.05) is 13.7 Å². The molecule has 5 atom stereocenters. The van der Waals surface area contributed by atoms with Gasteiger partial charge in [-0.3, -0.25) is 4.79 Å². The average Bonchev–Trinajstić information content (AvgIpc) is 2.82. The van der Waals surface area contributed by atoms with Gasteiger partial charge in [0.05, 0.1) is 13.7 Å². The molecule has 11 heteroatoms. The van der Waals surface area contributed by atoms with Crippen molar-refractivity contribution in [2.45, 2.75) is 37.6 Å². The van der Waals surface area contributed by atoms with Crippen LogP contribution in [0.5, 0.6) is 23.0 Å². The SMILES string of the molecule is COc1c(-c2ccc(O)cc2)oc2cc(O[C@@H]3O[C@H](CO)[C@@H](O)[C@H](O)[C@H]3O)c(C)c(O)c2c1=O. The second-order valence-corrected chi connectivity index (χ2v) is 7.88. The molecule has 0 aliphatic carbocycles. The number of phenols is 2. The van der Waals surface area contributed by atoms with Gasteiger partial charge >= 0.3 is 0 Å². The summed E-state index contributed by atoms with van der Waals surface area (Å²) in [6, 6.07) is 7.14. The summed E-state index contributed by atoms with van der Waals surface area (Å²) in [6.45, 7) is 0.811. The van der Waals surface area contributed by atoms with Gasteiger partial charge in [0.25, 0.3) is 0 Å². The summed E-state index contributed by atoms with van der Waals surface area (Å²) >= 11 is 0. The first kappa shape index (κ1) is 23.8. The largest absolute Gasteiger partial charge is 0.508 e. The number of hydrogen-bond acceptors (Lipinski definition) is 11. The molecule has 2 aromatic carbocycles. The van der Waals surface area contributed by atoms with Gasteiger partial charge in [-0.25, -0.2) is 0 Å². The van der Waals surface area contributed by atoms with Crippen LogP contribution in [0.3, 0.4) is 0 Å². The molecule has 0 radical (unpaired) electrons. The van der Waals surface area contributed by atoms with Crippen LogP contribution in [0.25, 0.3) is 22.3 Å². The van der Waals surface area contributed by atoms with Crippen LogP contribution in [0.15, 0.2) is 39.5 Å². The average molecular weight is 476 g/mol. The Labute approximate surface area is 192 Å². The van der Waals surface area contributed by atoms with E-state index in [1.165, 1.54) is 44.4 Å². The molecule has 6 N–H and O–H groups in total. The van der Waals surface area contributed by atoms with Crippen LogP contribution in [0.4, 0.5) is 0 Å². The van der Waals surface area contributed by atoms with Gasteiger partial charge in [0.1, 0.15) is 52.6 Å². The Bertz CT molecular complexity index is 1250. The number of ether oxygens (including phenoxy) is 3. The fourth-order valence-electron chi connectivity index (χ4n) is 3.79. The highest BCUT2D eigenvalue weighted by atomic mass is 16.7. The highest BCUT2D eigenvalue weighted by Gasteiger charge is 2.45. The van der Waals surface area contributed by atoms with Gasteiger partial charge in [-0.05, 0) is 31.2 Å². The maximum Gasteiger partial charge on any atom is 0.239 e. The van der Waals surface area contributed by atoms with E-state index in [0.717, 1.165) is 0 Å². The Morgan fingerprint density at radius 3 is 2.32 bits per heavy atom. The summed E-state index contributed by atoms with van der Waals surface area (Å²) in [6.07, 6.45) is -7.60. The van der Waals surface area contributed by atoms with Gasteiger partial charge in [0.2, 0.25) is 17.5 Å². The summed E-state index contributed by atoms with van der Waals surface area (Å²) in [4.78, 5) is 13.1. The van der Waals surface area contributed by atoms with E-state index in [1.807, 2.05) is 0 Å². The number of fused-ring (bicyclic) bond motifs is 1. The normalized spacial score (nSPS) is 24.8. The van der Waals surface area contributed by atoms with E-state index in [1.54, 1.807) is 0 Å². The number of hydrogen-bond donors (Lipinski definition) is 6. The fourth-order valence-corrected chi connectivity index (χ4v) is 3.79. The maximum atomic E-state index is 13.1. The van der Waals surface area contributed by atoms with Crippen molar-refractivity contribution >= 4 is 11.0 Å².